The first-order chi connectivity index (χ1) is 10.3. The van der Waals surface area contributed by atoms with Gasteiger partial charge in [0.15, 0.2) is 0 Å². The zero-order chi connectivity index (χ0) is 14.4. The summed E-state index contributed by atoms with van der Waals surface area (Å²) in [5.41, 5.74) is 3.00. The topological polar surface area (TPSA) is 21.1 Å². The van der Waals surface area contributed by atoms with Crippen molar-refractivity contribution in [3.63, 3.8) is 0 Å². The summed E-state index contributed by atoms with van der Waals surface area (Å²) >= 11 is 12.7. The number of hydrogen-bond acceptors (Lipinski definition) is 2. The fourth-order valence-corrected chi connectivity index (χ4v) is 3.54. The Morgan fingerprint density at radius 1 is 0.905 bits per heavy atom. The van der Waals surface area contributed by atoms with E-state index >= 15 is 0 Å². The Hall–Kier alpha value is -1.71. The molecule has 1 aliphatic rings. The van der Waals surface area contributed by atoms with Crippen molar-refractivity contribution in [3.05, 3.63) is 52.5 Å². The smallest absolute Gasteiger partial charge is 0.211 e. The van der Waals surface area contributed by atoms with E-state index in [-0.39, 0.29) is 0 Å². The van der Waals surface area contributed by atoms with Crippen LogP contribution in [-0.4, -0.2) is 16.1 Å². The molecule has 1 aliphatic heterocycles. The summed E-state index contributed by atoms with van der Waals surface area (Å²) in [5.74, 6) is 0.914. The molecule has 3 aromatic rings. The molecule has 2 aromatic carbocycles. The van der Waals surface area contributed by atoms with Crippen molar-refractivity contribution in [3.8, 4) is 0 Å². The normalized spacial score (nSPS) is 14.5. The van der Waals surface area contributed by atoms with Crippen molar-refractivity contribution in [1.82, 2.24) is 9.55 Å². The Labute approximate surface area is 132 Å². The molecule has 0 aliphatic carbocycles. The van der Waals surface area contributed by atoms with Crippen molar-refractivity contribution in [2.45, 2.75) is 13.0 Å². The number of aryl methyl sites for hydroxylation is 1. The molecule has 0 fully saturated rings. The average molecular weight is 318 g/mol. The van der Waals surface area contributed by atoms with Crippen LogP contribution >= 0.6 is 23.2 Å². The van der Waals surface area contributed by atoms with Crippen LogP contribution in [0.4, 0.5) is 11.6 Å². The number of para-hydroxylation sites is 3. The molecule has 0 spiro atoms. The van der Waals surface area contributed by atoms with Gasteiger partial charge in [-0.05, 0) is 30.7 Å². The Balaban J connectivity index is 1.95. The van der Waals surface area contributed by atoms with Gasteiger partial charge in [-0.15, -0.1) is 0 Å². The van der Waals surface area contributed by atoms with Gasteiger partial charge >= 0.3 is 0 Å². The third-order valence-corrected chi connectivity index (χ3v) is 4.46. The highest BCUT2D eigenvalue weighted by Crippen LogP contribution is 2.40. The van der Waals surface area contributed by atoms with Gasteiger partial charge in [0.25, 0.3) is 0 Å². The molecule has 0 amide bonds. The molecule has 0 saturated heterocycles. The molecular weight excluding hydrogens is 305 g/mol. The molecular formula is C16H13Cl2N3. The van der Waals surface area contributed by atoms with Crippen LogP contribution in [0.15, 0.2) is 42.5 Å². The number of halogens is 2. The highest BCUT2D eigenvalue weighted by atomic mass is 35.5. The molecule has 0 saturated carbocycles. The fourth-order valence-electron chi connectivity index (χ4n) is 2.93. The van der Waals surface area contributed by atoms with Crippen LogP contribution in [0.25, 0.3) is 11.0 Å². The van der Waals surface area contributed by atoms with E-state index in [1.165, 1.54) is 0 Å². The molecule has 5 heteroatoms. The van der Waals surface area contributed by atoms with Crippen molar-refractivity contribution in [1.29, 1.82) is 0 Å². The van der Waals surface area contributed by atoms with Gasteiger partial charge < -0.3 is 9.47 Å². The van der Waals surface area contributed by atoms with Crippen LogP contribution in [0.1, 0.15) is 6.42 Å². The summed E-state index contributed by atoms with van der Waals surface area (Å²) in [6, 6.07) is 13.8. The fraction of sp³-hybridized carbons (Fsp3) is 0.188. The first-order valence-corrected chi connectivity index (χ1v) is 7.68. The van der Waals surface area contributed by atoms with Gasteiger partial charge in [-0.25, -0.2) is 4.98 Å². The lowest BCUT2D eigenvalue weighted by atomic mass is 10.2. The Morgan fingerprint density at radius 2 is 1.67 bits per heavy atom. The maximum Gasteiger partial charge on any atom is 0.211 e. The van der Waals surface area contributed by atoms with E-state index in [9.17, 15) is 0 Å². The highest BCUT2D eigenvalue weighted by Gasteiger charge is 2.25. The second kappa shape index (κ2) is 4.93. The van der Waals surface area contributed by atoms with Crippen molar-refractivity contribution < 1.29 is 0 Å². The van der Waals surface area contributed by atoms with Crippen LogP contribution in [0, 0.1) is 0 Å². The minimum Gasteiger partial charge on any atom is -0.310 e. The number of aromatic nitrogens is 2. The van der Waals surface area contributed by atoms with Gasteiger partial charge in [0.05, 0.1) is 26.8 Å². The monoisotopic (exact) mass is 317 g/mol. The van der Waals surface area contributed by atoms with E-state index in [0.717, 1.165) is 42.2 Å². The van der Waals surface area contributed by atoms with Crippen LogP contribution in [0.2, 0.25) is 10.0 Å². The van der Waals surface area contributed by atoms with Crippen LogP contribution < -0.4 is 4.90 Å². The molecule has 21 heavy (non-hydrogen) atoms. The molecule has 3 nitrogen and oxygen atoms in total. The summed E-state index contributed by atoms with van der Waals surface area (Å²) in [6.45, 7) is 1.83. The number of rotatable bonds is 1. The van der Waals surface area contributed by atoms with Gasteiger partial charge in [0.2, 0.25) is 5.95 Å². The molecule has 1 aromatic heterocycles. The summed E-state index contributed by atoms with van der Waals surface area (Å²) in [6.07, 6.45) is 1.04. The van der Waals surface area contributed by atoms with Gasteiger partial charge in [-0.1, -0.05) is 41.4 Å². The summed E-state index contributed by atoms with van der Waals surface area (Å²) in [4.78, 5) is 6.88. The Morgan fingerprint density at radius 3 is 2.48 bits per heavy atom. The highest BCUT2D eigenvalue weighted by molar-refractivity contribution is 6.39. The molecule has 106 valence electrons. The predicted molar refractivity (Wildman–Crippen MR) is 87.8 cm³/mol. The number of hydrogen-bond donors (Lipinski definition) is 0. The quantitative estimate of drug-likeness (QED) is 0.637. The molecule has 0 unspecified atom stereocenters. The van der Waals surface area contributed by atoms with Crippen molar-refractivity contribution >= 4 is 45.9 Å². The number of anilines is 2. The Bertz CT molecular complexity index is 805. The lowest BCUT2D eigenvalue weighted by Crippen LogP contribution is -2.28. The van der Waals surface area contributed by atoms with Crippen LogP contribution in [0.3, 0.4) is 0 Å². The second-order valence-corrected chi connectivity index (χ2v) is 5.94. The minimum absolute atomic E-state index is 0.656. The van der Waals surface area contributed by atoms with Gasteiger partial charge in [0.1, 0.15) is 0 Å². The second-order valence-electron chi connectivity index (χ2n) is 5.13. The summed E-state index contributed by atoms with van der Waals surface area (Å²) < 4.78 is 2.23. The van der Waals surface area contributed by atoms with Gasteiger partial charge in [-0.3, -0.25) is 0 Å². The number of benzene rings is 2. The first kappa shape index (κ1) is 13.0. The van der Waals surface area contributed by atoms with E-state index < -0.39 is 0 Å². The van der Waals surface area contributed by atoms with Gasteiger partial charge in [-0.2, -0.15) is 0 Å². The van der Waals surface area contributed by atoms with E-state index in [1.807, 2.05) is 36.4 Å². The lowest BCUT2D eigenvalue weighted by molar-refractivity contribution is 0.604. The van der Waals surface area contributed by atoms with Gasteiger partial charge in [0, 0.05) is 13.1 Å². The number of nitrogens with zero attached hydrogens (tertiary/aromatic N) is 3. The van der Waals surface area contributed by atoms with Crippen molar-refractivity contribution in [2.24, 2.45) is 0 Å². The maximum atomic E-state index is 6.36. The molecule has 0 N–H and O–H groups in total. The average Bonchev–Trinajstić information content (AvgIpc) is 2.87. The van der Waals surface area contributed by atoms with E-state index in [2.05, 4.69) is 15.5 Å². The van der Waals surface area contributed by atoms with Crippen molar-refractivity contribution in [2.75, 3.05) is 11.4 Å². The Kier molecular flexibility index (Phi) is 3.05. The zero-order valence-electron chi connectivity index (χ0n) is 11.3. The lowest BCUT2D eigenvalue weighted by Gasteiger charge is -2.30. The van der Waals surface area contributed by atoms with E-state index in [4.69, 9.17) is 28.2 Å². The maximum absolute atomic E-state index is 6.36. The molecule has 2 heterocycles. The van der Waals surface area contributed by atoms with Crippen LogP contribution in [-0.2, 0) is 6.54 Å². The molecule has 0 bridgehead atoms. The number of fused-ring (bicyclic) bond motifs is 3. The molecule has 4 rings (SSSR count). The molecule has 0 radical (unpaired) electrons. The first-order valence-electron chi connectivity index (χ1n) is 6.92. The summed E-state index contributed by atoms with van der Waals surface area (Å²) in [5, 5.41) is 1.31. The third-order valence-electron chi connectivity index (χ3n) is 3.85. The SMILES string of the molecule is Clc1cccc(Cl)c1N1CCCn2c1nc1ccccc12. The predicted octanol–water partition coefficient (Wildman–Crippen LogP) is 4.88. The standard InChI is InChI=1S/C16H13Cl2N3/c17-11-5-3-6-12(18)15(11)21-10-4-9-20-14-8-2-1-7-13(14)19-16(20)21/h1-3,5-8H,4,9-10H2. The number of imidazole rings is 1. The van der Waals surface area contributed by atoms with Crippen LogP contribution in [0.5, 0.6) is 0 Å². The summed E-state index contributed by atoms with van der Waals surface area (Å²) in [7, 11) is 0. The van der Waals surface area contributed by atoms with E-state index in [0.29, 0.717) is 10.0 Å². The zero-order valence-corrected chi connectivity index (χ0v) is 12.8. The molecule has 0 atom stereocenters. The minimum atomic E-state index is 0.656. The van der Waals surface area contributed by atoms with E-state index in [1.54, 1.807) is 0 Å². The third kappa shape index (κ3) is 2.00. The largest absolute Gasteiger partial charge is 0.310 e.